The molecule has 0 unspecified atom stereocenters. The fourth-order valence-electron chi connectivity index (χ4n) is 2.96. The predicted molar refractivity (Wildman–Crippen MR) is 130 cm³/mol. The maximum absolute atomic E-state index is 12.5. The number of benzene rings is 1. The average molecular weight is 503 g/mol. The number of rotatable bonds is 8. The zero-order valence-corrected chi connectivity index (χ0v) is 21.0. The van der Waals surface area contributed by atoms with E-state index in [0.29, 0.717) is 11.3 Å². The van der Waals surface area contributed by atoms with Crippen molar-refractivity contribution in [1.82, 2.24) is 10.3 Å². The average Bonchev–Trinajstić information content (AvgIpc) is 2.82. The summed E-state index contributed by atoms with van der Waals surface area (Å²) in [4.78, 5) is 52.7. The fraction of sp³-hybridized carbons (Fsp3) is 0.375. The van der Waals surface area contributed by atoms with Crippen LogP contribution in [0.2, 0.25) is 0 Å². The van der Waals surface area contributed by atoms with E-state index >= 15 is 0 Å². The van der Waals surface area contributed by atoms with Crippen LogP contribution in [-0.2, 0) is 25.4 Å². The molecule has 3 amide bonds. The number of aromatic nitrogens is 1. The lowest BCUT2D eigenvalue weighted by molar-refractivity contribution is -0.143. The Labute approximate surface area is 208 Å². The Morgan fingerprint density at radius 3 is 2.19 bits per heavy atom. The van der Waals surface area contributed by atoms with E-state index in [1.807, 2.05) is 0 Å². The van der Waals surface area contributed by atoms with Gasteiger partial charge in [-0.05, 0) is 38.5 Å². The van der Waals surface area contributed by atoms with Crippen LogP contribution >= 0.6 is 0 Å². The van der Waals surface area contributed by atoms with Crippen molar-refractivity contribution in [2.75, 3.05) is 32.0 Å². The summed E-state index contributed by atoms with van der Waals surface area (Å²) >= 11 is 0. The highest BCUT2D eigenvalue weighted by atomic mass is 16.6. The summed E-state index contributed by atoms with van der Waals surface area (Å²) in [7, 11) is 3.84. The number of alkyl carbamates (subject to hydrolysis) is 1. The molecular weight excluding hydrogens is 472 g/mol. The number of carbonyl (C=O) groups excluding carboxylic acids is 4. The molecular formula is C24H30N4O8. The molecule has 0 radical (unpaired) electrons. The Kier molecular flexibility index (Phi) is 9.59. The second-order valence-electron chi connectivity index (χ2n) is 8.47. The molecule has 12 heteroatoms. The topological polar surface area (TPSA) is 154 Å². The first-order valence-corrected chi connectivity index (χ1v) is 10.8. The van der Waals surface area contributed by atoms with E-state index in [-0.39, 0.29) is 23.6 Å². The number of nitrogens with one attached hydrogen (secondary N) is 3. The lowest BCUT2D eigenvalue weighted by atomic mass is 10.1. The van der Waals surface area contributed by atoms with Gasteiger partial charge in [0.15, 0.2) is 0 Å². The first-order valence-electron chi connectivity index (χ1n) is 10.8. The van der Waals surface area contributed by atoms with Gasteiger partial charge < -0.3 is 34.9 Å². The second-order valence-corrected chi connectivity index (χ2v) is 8.47. The molecule has 1 aromatic carbocycles. The normalized spacial score (nSPS) is 11.5. The number of methoxy groups -OCH3 is 3. The van der Waals surface area contributed by atoms with Gasteiger partial charge in [-0.1, -0.05) is 12.1 Å². The molecule has 0 aliphatic carbocycles. The molecule has 0 saturated heterocycles. The summed E-state index contributed by atoms with van der Waals surface area (Å²) in [5, 5.41) is 7.68. The van der Waals surface area contributed by atoms with Crippen LogP contribution in [-0.4, -0.2) is 62.0 Å². The molecule has 1 heterocycles. The molecule has 36 heavy (non-hydrogen) atoms. The van der Waals surface area contributed by atoms with Crippen LogP contribution in [0.4, 0.5) is 21.0 Å². The van der Waals surface area contributed by atoms with Crippen LogP contribution in [0.3, 0.4) is 0 Å². The van der Waals surface area contributed by atoms with Crippen molar-refractivity contribution in [2.24, 2.45) is 0 Å². The van der Waals surface area contributed by atoms with Crippen LogP contribution in [0.5, 0.6) is 5.88 Å². The lowest BCUT2D eigenvalue weighted by Gasteiger charge is -2.22. The minimum absolute atomic E-state index is 0.0705. The Morgan fingerprint density at radius 1 is 0.972 bits per heavy atom. The summed E-state index contributed by atoms with van der Waals surface area (Å²) < 4.78 is 19.7. The van der Waals surface area contributed by atoms with E-state index in [0.717, 1.165) is 0 Å². The molecule has 2 aromatic rings. The molecule has 0 spiro atoms. The van der Waals surface area contributed by atoms with Gasteiger partial charge in [0.2, 0.25) is 5.88 Å². The third-order valence-corrected chi connectivity index (χ3v) is 4.57. The molecule has 2 rings (SSSR count). The molecule has 0 fully saturated rings. The number of pyridine rings is 1. The highest BCUT2D eigenvalue weighted by Crippen LogP contribution is 2.21. The standard InChI is InChI=1S/C24H30N4O8/c1-24(2,3)36-23(32)28-17(21(30)35-6)11-14-7-9-15(10-8-14)26-22(31)27-18-13-25-19(33-4)12-16(18)20(29)34-5/h7-10,12-13,17H,11H2,1-6H3,(H,28,32)(H2,26,27,31)/t17-/m0/s1. The van der Waals surface area contributed by atoms with Crippen molar-refractivity contribution in [1.29, 1.82) is 0 Å². The quantitative estimate of drug-likeness (QED) is 0.365. The van der Waals surface area contributed by atoms with Crippen molar-refractivity contribution in [2.45, 2.75) is 38.8 Å². The van der Waals surface area contributed by atoms with Gasteiger partial charge in [0.1, 0.15) is 11.6 Å². The van der Waals surface area contributed by atoms with Crippen LogP contribution in [0.25, 0.3) is 0 Å². The molecule has 1 aromatic heterocycles. The van der Waals surface area contributed by atoms with Gasteiger partial charge in [-0.15, -0.1) is 0 Å². The molecule has 3 N–H and O–H groups in total. The zero-order chi connectivity index (χ0) is 26.9. The van der Waals surface area contributed by atoms with Crippen molar-refractivity contribution in [3.8, 4) is 5.88 Å². The van der Waals surface area contributed by atoms with E-state index in [4.69, 9.17) is 18.9 Å². The third kappa shape index (κ3) is 8.46. The van der Waals surface area contributed by atoms with Gasteiger partial charge >= 0.3 is 24.1 Å². The first-order chi connectivity index (χ1) is 16.9. The van der Waals surface area contributed by atoms with Gasteiger partial charge in [-0.3, -0.25) is 0 Å². The van der Waals surface area contributed by atoms with E-state index in [9.17, 15) is 19.2 Å². The molecule has 194 valence electrons. The highest BCUT2D eigenvalue weighted by Gasteiger charge is 2.25. The van der Waals surface area contributed by atoms with E-state index in [1.165, 1.54) is 33.6 Å². The summed E-state index contributed by atoms with van der Waals surface area (Å²) in [5.41, 5.74) is 0.608. The summed E-state index contributed by atoms with van der Waals surface area (Å²) in [6, 6.07) is 6.34. The summed E-state index contributed by atoms with van der Waals surface area (Å²) in [6.07, 6.45) is 0.670. The smallest absolute Gasteiger partial charge is 0.408 e. The SMILES string of the molecule is COC(=O)c1cc(OC)ncc1NC(=O)Nc1ccc(C[C@H](NC(=O)OC(C)(C)C)C(=O)OC)cc1. The summed E-state index contributed by atoms with van der Waals surface area (Å²) in [5.74, 6) is -1.11. The number of esters is 2. The predicted octanol–water partition coefficient (Wildman–Crippen LogP) is 3.13. The number of anilines is 2. The monoisotopic (exact) mass is 502 g/mol. The van der Waals surface area contributed by atoms with Crippen molar-refractivity contribution < 1.29 is 38.1 Å². The Balaban J connectivity index is 2.05. The molecule has 1 atom stereocenters. The number of ether oxygens (including phenoxy) is 4. The van der Waals surface area contributed by atoms with E-state index in [1.54, 1.807) is 45.0 Å². The largest absolute Gasteiger partial charge is 0.481 e. The maximum atomic E-state index is 12.5. The number of urea groups is 1. The Morgan fingerprint density at radius 2 is 1.64 bits per heavy atom. The number of hydrogen-bond donors (Lipinski definition) is 3. The first kappa shape index (κ1) is 27.9. The minimum atomic E-state index is -0.966. The number of carbonyl (C=O) groups is 4. The van der Waals surface area contributed by atoms with E-state index < -0.39 is 35.7 Å². The van der Waals surface area contributed by atoms with Gasteiger partial charge in [-0.2, -0.15) is 0 Å². The van der Waals surface area contributed by atoms with Crippen molar-refractivity contribution in [3.05, 3.63) is 47.7 Å². The van der Waals surface area contributed by atoms with Crippen LogP contribution in [0, 0.1) is 0 Å². The second kappa shape index (κ2) is 12.4. The van der Waals surface area contributed by atoms with E-state index in [2.05, 4.69) is 20.9 Å². The lowest BCUT2D eigenvalue weighted by Crippen LogP contribution is -2.45. The van der Waals surface area contributed by atoms with Gasteiger partial charge in [0, 0.05) is 18.2 Å². The number of nitrogens with zero attached hydrogens (tertiary/aromatic N) is 1. The number of amides is 3. The molecule has 0 aliphatic heterocycles. The van der Waals surface area contributed by atoms with Gasteiger partial charge in [0.05, 0.1) is 38.8 Å². The molecule has 0 bridgehead atoms. The van der Waals surface area contributed by atoms with Crippen LogP contribution < -0.4 is 20.7 Å². The molecule has 12 nitrogen and oxygen atoms in total. The minimum Gasteiger partial charge on any atom is -0.481 e. The zero-order valence-electron chi connectivity index (χ0n) is 21.0. The maximum Gasteiger partial charge on any atom is 0.408 e. The fourth-order valence-corrected chi connectivity index (χ4v) is 2.96. The van der Waals surface area contributed by atoms with Crippen LogP contribution in [0.15, 0.2) is 36.5 Å². The highest BCUT2D eigenvalue weighted by molar-refractivity contribution is 6.05. The van der Waals surface area contributed by atoms with Crippen LogP contribution in [0.1, 0.15) is 36.7 Å². The van der Waals surface area contributed by atoms with Crippen molar-refractivity contribution in [3.63, 3.8) is 0 Å². The number of hydrogen-bond acceptors (Lipinski definition) is 9. The van der Waals surface area contributed by atoms with Gasteiger partial charge in [-0.25, -0.2) is 24.2 Å². The van der Waals surface area contributed by atoms with Crippen molar-refractivity contribution >= 4 is 35.4 Å². The summed E-state index contributed by atoms with van der Waals surface area (Å²) in [6.45, 7) is 5.13. The molecule has 0 aliphatic rings. The molecule has 0 saturated carbocycles. The Bertz CT molecular complexity index is 1100. The Hall–Kier alpha value is -4.35. The third-order valence-electron chi connectivity index (χ3n) is 4.57. The van der Waals surface area contributed by atoms with Gasteiger partial charge in [0.25, 0.3) is 0 Å².